The van der Waals surface area contributed by atoms with Crippen LogP contribution in [0.2, 0.25) is 0 Å². The maximum absolute atomic E-state index is 6.56. The van der Waals surface area contributed by atoms with Gasteiger partial charge in [0, 0.05) is 0 Å². The van der Waals surface area contributed by atoms with Crippen LogP contribution in [-0.4, -0.2) is 42.8 Å². The number of nitrogens with two attached hydrogens (primary N) is 1. The van der Waals surface area contributed by atoms with Crippen LogP contribution < -0.4 is 5.73 Å². The van der Waals surface area contributed by atoms with Crippen molar-refractivity contribution in [1.82, 2.24) is 4.90 Å². The topological polar surface area (TPSA) is 38.5 Å². The lowest BCUT2D eigenvalue weighted by Gasteiger charge is -2.41. The quantitative estimate of drug-likeness (QED) is 0.777. The highest BCUT2D eigenvalue weighted by molar-refractivity contribution is 5.21. The number of likely N-dealkylation sites (N-methyl/N-ethyl adjacent to an activating group) is 1. The monoisotopic (exact) mass is 266 g/mol. The van der Waals surface area contributed by atoms with Crippen LogP contribution in [0.1, 0.15) is 34.1 Å². The highest BCUT2D eigenvalue weighted by Crippen LogP contribution is 2.40. The van der Waals surface area contributed by atoms with Gasteiger partial charge in [-0.15, -0.1) is 5.73 Å². The Morgan fingerprint density at radius 3 is 2.32 bits per heavy atom. The van der Waals surface area contributed by atoms with Gasteiger partial charge >= 0.3 is 0 Å². The summed E-state index contributed by atoms with van der Waals surface area (Å²) in [6, 6.07) is -0.0495. The zero-order valence-corrected chi connectivity index (χ0v) is 13.3. The third-order valence-corrected chi connectivity index (χ3v) is 4.13. The van der Waals surface area contributed by atoms with Crippen LogP contribution in [0.25, 0.3) is 0 Å². The van der Waals surface area contributed by atoms with Gasteiger partial charge in [-0.2, -0.15) is 0 Å². The normalized spacial score (nSPS) is 35.2. The van der Waals surface area contributed by atoms with Crippen molar-refractivity contribution in [2.24, 2.45) is 17.6 Å². The minimum atomic E-state index is -0.310. The predicted molar refractivity (Wildman–Crippen MR) is 81.1 cm³/mol. The molecule has 2 N–H and O–H groups in total. The zero-order chi connectivity index (χ0) is 14.8. The number of nitrogens with zero attached hydrogens (tertiary/aromatic N) is 1. The molecular formula is C16H30N2O. The molecule has 0 aromatic heterocycles. The minimum Gasteiger partial charge on any atom is -0.371 e. The molecule has 1 fully saturated rings. The number of ether oxygens (including phenoxy) is 1. The molecule has 3 nitrogen and oxygen atoms in total. The Morgan fingerprint density at radius 2 is 1.95 bits per heavy atom. The van der Waals surface area contributed by atoms with Crippen LogP contribution in [0.5, 0.6) is 0 Å². The van der Waals surface area contributed by atoms with E-state index in [9.17, 15) is 0 Å². The molecule has 1 rings (SSSR count). The first-order valence-corrected chi connectivity index (χ1v) is 7.22. The SMILES string of the molecule is C=C=C[C@@]1(N(C)C)[C@H](N)[C@@H](CC(C)C)O[C@H]1C(C)C. The third kappa shape index (κ3) is 2.95. The summed E-state index contributed by atoms with van der Waals surface area (Å²) < 4.78 is 6.31. The van der Waals surface area contributed by atoms with E-state index in [2.05, 4.69) is 59.0 Å². The fourth-order valence-electron chi connectivity index (χ4n) is 3.25. The van der Waals surface area contributed by atoms with E-state index in [1.165, 1.54) is 0 Å². The molecular weight excluding hydrogens is 236 g/mol. The Balaban J connectivity index is 3.19. The lowest BCUT2D eigenvalue weighted by Crippen LogP contribution is -2.61. The van der Waals surface area contributed by atoms with Gasteiger partial charge in [-0.25, -0.2) is 0 Å². The molecule has 4 atom stereocenters. The number of hydrogen-bond acceptors (Lipinski definition) is 3. The van der Waals surface area contributed by atoms with E-state index >= 15 is 0 Å². The highest BCUT2D eigenvalue weighted by Gasteiger charge is 2.55. The van der Waals surface area contributed by atoms with E-state index < -0.39 is 0 Å². The molecule has 0 radical (unpaired) electrons. The fraction of sp³-hybridized carbons (Fsp3) is 0.812. The van der Waals surface area contributed by atoms with Gasteiger partial charge in [0.15, 0.2) is 0 Å². The van der Waals surface area contributed by atoms with Crippen molar-refractivity contribution in [2.75, 3.05) is 14.1 Å². The maximum Gasteiger partial charge on any atom is 0.0906 e. The molecule has 0 saturated carbocycles. The molecule has 0 aromatic carbocycles. The van der Waals surface area contributed by atoms with Crippen molar-refractivity contribution in [2.45, 2.75) is 57.9 Å². The molecule has 19 heavy (non-hydrogen) atoms. The molecule has 3 heteroatoms. The zero-order valence-electron chi connectivity index (χ0n) is 13.3. The van der Waals surface area contributed by atoms with Crippen molar-refractivity contribution < 1.29 is 4.74 Å². The molecule has 1 saturated heterocycles. The Hall–Kier alpha value is -0.600. The van der Waals surface area contributed by atoms with Crippen molar-refractivity contribution in [3.8, 4) is 0 Å². The maximum atomic E-state index is 6.56. The number of rotatable bonds is 5. The molecule has 0 unspecified atom stereocenters. The van der Waals surface area contributed by atoms with Gasteiger partial charge in [0.25, 0.3) is 0 Å². The van der Waals surface area contributed by atoms with Gasteiger partial charge in [0.2, 0.25) is 0 Å². The van der Waals surface area contributed by atoms with Gasteiger partial charge in [0.05, 0.1) is 23.8 Å². The average Bonchev–Trinajstić information content (AvgIpc) is 2.55. The summed E-state index contributed by atoms with van der Waals surface area (Å²) in [4.78, 5) is 2.17. The lowest BCUT2D eigenvalue weighted by atomic mass is 9.78. The van der Waals surface area contributed by atoms with E-state index in [0.717, 1.165) is 6.42 Å². The van der Waals surface area contributed by atoms with Crippen LogP contribution in [-0.2, 0) is 4.74 Å². The number of hydrogen-bond donors (Lipinski definition) is 1. The minimum absolute atomic E-state index is 0.0495. The van der Waals surface area contributed by atoms with Crippen LogP contribution in [0.4, 0.5) is 0 Å². The van der Waals surface area contributed by atoms with Gasteiger partial charge in [0.1, 0.15) is 0 Å². The Kier molecular flexibility index (Phi) is 5.40. The summed E-state index contributed by atoms with van der Waals surface area (Å²) >= 11 is 0. The molecule has 0 amide bonds. The van der Waals surface area contributed by atoms with Crippen LogP contribution >= 0.6 is 0 Å². The molecule has 110 valence electrons. The van der Waals surface area contributed by atoms with Gasteiger partial charge < -0.3 is 10.5 Å². The largest absolute Gasteiger partial charge is 0.371 e. The van der Waals surface area contributed by atoms with Crippen molar-refractivity contribution >= 4 is 0 Å². The van der Waals surface area contributed by atoms with Crippen LogP contribution in [0.3, 0.4) is 0 Å². The summed E-state index contributed by atoms with van der Waals surface area (Å²) in [6.45, 7) is 12.5. The van der Waals surface area contributed by atoms with Crippen molar-refractivity contribution in [1.29, 1.82) is 0 Å². The molecule has 0 bridgehead atoms. The van der Waals surface area contributed by atoms with Crippen LogP contribution in [0, 0.1) is 11.8 Å². The summed E-state index contributed by atoms with van der Waals surface area (Å²) in [5.74, 6) is 0.977. The van der Waals surface area contributed by atoms with Gasteiger partial charge in [-0.05, 0) is 38.4 Å². The Morgan fingerprint density at radius 1 is 1.37 bits per heavy atom. The molecule has 1 heterocycles. The van der Waals surface area contributed by atoms with Gasteiger partial charge in [-0.1, -0.05) is 34.3 Å². The second-order valence-electron chi connectivity index (χ2n) is 6.62. The first-order valence-electron chi connectivity index (χ1n) is 7.22. The predicted octanol–water partition coefficient (Wildman–Crippen LogP) is 2.42. The lowest BCUT2D eigenvalue weighted by molar-refractivity contribution is -0.0210. The highest BCUT2D eigenvalue weighted by atomic mass is 16.5. The first kappa shape index (κ1) is 16.5. The van der Waals surface area contributed by atoms with Gasteiger partial charge in [-0.3, -0.25) is 4.90 Å². The van der Waals surface area contributed by atoms with E-state index in [1.807, 2.05) is 6.08 Å². The Labute approximate surface area is 118 Å². The van der Waals surface area contributed by atoms with E-state index in [1.54, 1.807) is 0 Å². The fourth-order valence-corrected chi connectivity index (χ4v) is 3.25. The Bertz CT molecular complexity index is 345. The molecule has 1 aliphatic heterocycles. The van der Waals surface area contributed by atoms with Crippen molar-refractivity contribution in [3.05, 3.63) is 18.4 Å². The second kappa shape index (κ2) is 6.23. The average molecular weight is 266 g/mol. The summed E-state index contributed by atoms with van der Waals surface area (Å²) in [6.07, 6.45) is 3.17. The smallest absolute Gasteiger partial charge is 0.0906 e. The van der Waals surface area contributed by atoms with E-state index in [4.69, 9.17) is 10.5 Å². The third-order valence-electron chi connectivity index (χ3n) is 4.13. The first-order chi connectivity index (χ1) is 8.77. The summed E-state index contributed by atoms with van der Waals surface area (Å²) in [5, 5.41) is 0. The molecule has 0 aliphatic carbocycles. The standard InChI is InChI=1S/C16H30N2O/c1-8-9-16(18(6)7)14(17)13(10-11(2)3)19-15(16)12(4)5/h9,11-15H,1,10,17H2,2-7H3/t13-,14-,15+,16-/m1/s1. The second-order valence-corrected chi connectivity index (χ2v) is 6.62. The molecule has 0 spiro atoms. The van der Waals surface area contributed by atoms with E-state index in [-0.39, 0.29) is 23.8 Å². The van der Waals surface area contributed by atoms with E-state index in [0.29, 0.717) is 11.8 Å². The molecule has 0 aromatic rings. The van der Waals surface area contributed by atoms with Crippen LogP contribution in [0.15, 0.2) is 18.4 Å². The summed E-state index contributed by atoms with van der Waals surface area (Å²) in [5.41, 5.74) is 9.19. The summed E-state index contributed by atoms with van der Waals surface area (Å²) in [7, 11) is 4.12. The van der Waals surface area contributed by atoms with Crippen molar-refractivity contribution in [3.63, 3.8) is 0 Å². The molecule has 1 aliphatic rings.